The molecule has 1 aromatic rings. The van der Waals surface area contributed by atoms with Gasteiger partial charge in [0.15, 0.2) is 0 Å². The van der Waals surface area contributed by atoms with Gasteiger partial charge in [-0.1, -0.05) is 18.7 Å². The maximum atomic E-state index is 8.97. The van der Waals surface area contributed by atoms with E-state index in [0.29, 0.717) is 0 Å². The Kier molecular flexibility index (Phi) is 3.83. The number of nitrogens with two attached hydrogens (primary N) is 1. The van der Waals surface area contributed by atoms with Crippen molar-refractivity contribution in [2.45, 2.75) is 37.6 Å². The van der Waals surface area contributed by atoms with Gasteiger partial charge in [0, 0.05) is 11.8 Å². The van der Waals surface area contributed by atoms with Gasteiger partial charge in [0.2, 0.25) is 0 Å². The van der Waals surface area contributed by atoms with Crippen molar-refractivity contribution >= 4 is 17.4 Å². The zero-order valence-corrected chi connectivity index (χ0v) is 9.64. The summed E-state index contributed by atoms with van der Waals surface area (Å²) < 4.78 is 1.88. The summed E-state index contributed by atoms with van der Waals surface area (Å²) in [7, 11) is 0. The fourth-order valence-electron chi connectivity index (χ4n) is 1.14. The molecule has 0 amide bonds. The average Bonchev–Trinajstić information content (AvgIpc) is 2.45. The van der Waals surface area contributed by atoms with E-state index in [0.717, 1.165) is 23.0 Å². The van der Waals surface area contributed by atoms with Gasteiger partial charge in [0.25, 0.3) is 0 Å². The normalized spacial score (nSPS) is 13.1. The van der Waals surface area contributed by atoms with Gasteiger partial charge in [0.1, 0.15) is 5.03 Å². The highest BCUT2D eigenvalue weighted by molar-refractivity contribution is 8.00. The third kappa shape index (κ3) is 2.22. The number of aryl methyl sites for hydroxylation is 2. The van der Waals surface area contributed by atoms with E-state index in [2.05, 4.69) is 5.10 Å². The van der Waals surface area contributed by atoms with Gasteiger partial charge < -0.3 is 10.8 Å². The fourth-order valence-corrected chi connectivity index (χ4v) is 2.16. The smallest absolute Gasteiger partial charge is 0.118 e. The lowest BCUT2D eigenvalue weighted by Crippen LogP contribution is -2.06. The minimum Gasteiger partial charge on any atom is -0.395 e. The van der Waals surface area contributed by atoms with Crippen molar-refractivity contribution in [1.82, 2.24) is 9.78 Å². The molecule has 0 aliphatic heterocycles. The first kappa shape index (κ1) is 11.4. The Bertz CT molecular complexity index is 311. The summed E-state index contributed by atoms with van der Waals surface area (Å²) >= 11 is 1.57. The number of aromatic nitrogens is 2. The number of hydrogen-bond donors (Lipinski definition) is 2. The van der Waals surface area contributed by atoms with Crippen LogP contribution in [-0.4, -0.2) is 26.7 Å². The van der Waals surface area contributed by atoms with Gasteiger partial charge in [-0.15, -0.1) is 0 Å². The minimum atomic E-state index is 0.151. The van der Waals surface area contributed by atoms with Gasteiger partial charge in [-0.2, -0.15) is 5.10 Å². The third-order valence-electron chi connectivity index (χ3n) is 1.99. The molecule has 1 aromatic heterocycles. The summed E-state index contributed by atoms with van der Waals surface area (Å²) in [6, 6.07) is 0. The molecule has 0 bridgehead atoms. The molecule has 0 aliphatic rings. The molecule has 0 saturated heterocycles. The van der Waals surface area contributed by atoms with E-state index in [1.165, 1.54) is 0 Å². The molecule has 5 heteroatoms. The molecular weight excluding hydrogens is 198 g/mol. The zero-order valence-electron chi connectivity index (χ0n) is 8.82. The Morgan fingerprint density at radius 1 is 1.64 bits per heavy atom. The second kappa shape index (κ2) is 4.70. The maximum Gasteiger partial charge on any atom is 0.118 e. The maximum absolute atomic E-state index is 8.97. The lowest BCUT2D eigenvalue weighted by Gasteiger charge is -2.09. The van der Waals surface area contributed by atoms with Gasteiger partial charge in [-0.05, 0) is 13.8 Å². The molecule has 1 rings (SSSR count). The van der Waals surface area contributed by atoms with Crippen molar-refractivity contribution < 1.29 is 5.11 Å². The number of rotatable bonds is 4. The molecule has 3 N–H and O–H groups in total. The van der Waals surface area contributed by atoms with Crippen molar-refractivity contribution in [2.24, 2.45) is 0 Å². The molecule has 14 heavy (non-hydrogen) atoms. The van der Waals surface area contributed by atoms with Gasteiger partial charge in [0.05, 0.1) is 18.0 Å². The summed E-state index contributed by atoms with van der Waals surface area (Å²) in [4.78, 5) is 0. The van der Waals surface area contributed by atoms with Crippen molar-refractivity contribution in [3.05, 3.63) is 5.69 Å². The molecule has 0 fully saturated rings. The predicted molar refractivity (Wildman–Crippen MR) is 59.5 cm³/mol. The first-order chi connectivity index (χ1) is 6.60. The van der Waals surface area contributed by atoms with Gasteiger partial charge >= 0.3 is 0 Å². The first-order valence-electron chi connectivity index (χ1n) is 4.70. The highest BCUT2D eigenvalue weighted by atomic mass is 32.2. The van der Waals surface area contributed by atoms with E-state index >= 15 is 0 Å². The number of anilines is 1. The van der Waals surface area contributed by atoms with Crippen molar-refractivity contribution in [1.29, 1.82) is 0 Å². The molecule has 1 heterocycles. The van der Waals surface area contributed by atoms with Crippen LogP contribution in [0.3, 0.4) is 0 Å². The summed E-state index contributed by atoms with van der Waals surface area (Å²) in [6.07, 6.45) is 0. The molecule has 4 nitrogen and oxygen atoms in total. The Labute approximate surface area is 88.5 Å². The summed E-state index contributed by atoms with van der Waals surface area (Å²) in [6.45, 7) is 6.84. The number of aliphatic hydroxyl groups excluding tert-OH is 1. The average molecular weight is 215 g/mol. The predicted octanol–water partition coefficient (Wildman–Crippen LogP) is 1.27. The van der Waals surface area contributed by atoms with Gasteiger partial charge in [-0.3, -0.25) is 4.68 Å². The molecule has 0 radical (unpaired) electrons. The SMILES string of the molecule is CCn1nc(C)c(N)c1SC(C)CO. The Balaban J connectivity index is 2.93. The second-order valence-electron chi connectivity index (χ2n) is 3.23. The number of aliphatic hydroxyl groups is 1. The topological polar surface area (TPSA) is 64.1 Å². The number of hydrogen-bond acceptors (Lipinski definition) is 4. The van der Waals surface area contributed by atoms with Crippen LogP contribution in [0.5, 0.6) is 0 Å². The zero-order chi connectivity index (χ0) is 10.7. The highest BCUT2D eigenvalue weighted by Crippen LogP contribution is 2.30. The van der Waals surface area contributed by atoms with Crippen LogP contribution in [0, 0.1) is 6.92 Å². The monoisotopic (exact) mass is 215 g/mol. The molecule has 1 atom stereocenters. The second-order valence-corrected chi connectivity index (χ2v) is 4.66. The van der Waals surface area contributed by atoms with Crippen LogP contribution >= 0.6 is 11.8 Å². The summed E-state index contributed by atoms with van der Waals surface area (Å²) in [5.74, 6) is 0. The largest absolute Gasteiger partial charge is 0.395 e. The van der Waals surface area contributed by atoms with E-state index in [1.54, 1.807) is 11.8 Å². The van der Waals surface area contributed by atoms with Crippen LogP contribution in [0.2, 0.25) is 0 Å². The van der Waals surface area contributed by atoms with Crippen LogP contribution in [0.1, 0.15) is 19.5 Å². The van der Waals surface area contributed by atoms with Gasteiger partial charge in [-0.25, -0.2) is 0 Å². The molecule has 0 aromatic carbocycles. The van der Waals surface area contributed by atoms with Crippen molar-refractivity contribution in [2.75, 3.05) is 12.3 Å². The first-order valence-corrected chi connectivity index (χ1v) is 5.58. The summed E-state index contributed by atoms with van der Waals surface area (Å²) in [5, 5.41) is 14.4. The Morgan fingerprint density at radius 3 is 2.79 bits per heavy atom. The molecular formula is C9H17N3OS. The molecule has 80 valence electrons. The minimum absolute atomic E-state index is 0.151. The Morgan fingerprint density at radius 2 is 2.29 bits per heavy atom. The lowest BCUT2D eigenvalue weighted by atomic mass is 10.4. The van der Waals surface area contributed by atoms with Crippen LogP contribution in [0.4, 0.5) is 5.69 Å². The number of nitrogen functional groups attached to an aromatic ring is 1. The summed E-state index contributed by atoms with van der Waals surface area (Å²) in [5.41, 5.74) is 7.49. The van der Waals surface area contributed by atoms with E-state index in [-0.39, 0.29) is 11.9 Å². The highest BCUT2D eigenvalue weighted by Gasteiger charge is 2.14. The van der Waals surface area contributed by atoms with E-state index in [9.17, 15) is 0 Å². The van der Waals surface area contributed by atoms with Crippen LogP contribution < -0.4 is 5.73 Å². The van der Waals surface area contributed by atoms with E-state index in [4.69, 9.17) is 10.8 Å². The van der Waals surface area contributed by atoms with Crippen molar-refractivity contribution in [3.63, 3.8) is 0 Å². The Hall–Kier alpha value is -0.680. The van der Waals surface area contributed by atoms with Crippen LogP contribution in [0.25, 0.3) is 0 Å². The standard InChI is InChI=1S/C9H17N3OS/c1-4-12-9(14-6(2)5-13)8(10)7(3)11-12/h6,13H,4-5,10H2,1-3H3. The molecule has 0 saturated carbocycles. The number of thioether (sulfide) groups is 1. The molecule has 0 spiro atoms. The quantitative estimate of drug-likeness (QED) is 0.742. The number of nitrogens with zero attached hydrogens (tertiary/aromatic N) is 2. The lowest BCUT2D eigenvalue weighted by molar-refractivity contribution is 0.300. The van der Waals surface area contributed by atoms with Crippen LogP contribution in [-0.2, 0) is 6.54 Å². The molecule has 0 aliphatic carbocycles. The fraction of sp³-hybridized carbons (Fsp3) is 0.667. The van der Waals surface area contributed by atoms with Crippen LogP contribution in [0.15, 0.2) is 5.03 Å². The molecule has 1 unspecified atom stereocenters. The third-order valence-corrected chi connectivity index (χ3v) is 3.20. The van der Waals surface area contributed by atoms with Crippen molar-refractivity contribution in [3.8, 4) is 0 Å². The van der Waals surface area contributed by atoms with E-state index in [1.807, 2.05) is 25.5 Å². The van der Waals surface area contributed by atoms with E-state index < -0.39 is 0 Å².